The molecule has 0 bridgehead atoms. The van der Waals surface area contributed by atoms with Crippen LogP contribution in [0.3, 0.4) is 0 Å². The Morgan fingerprint density at radius 2 is 1.89 bits per heavy atom. The van der Waals surface area contributed by atoms with E-state index in [2.05, 4.69) is 24.1 Å². The van der Waals surface area contributed by atoms with Gasteiger partial charge < -0.3 is 10.9 Å². The molecule has 3 N–H and O–H groups in total. The highest BCUT2D eigenvalue weighted by Crippen LogP contribution is 2.13. The van der Waals surface area contributed by atoms with Crippen molar-refractivity contribution < 1.29 is 5.21 Å². The van der Waals surface area contributed by atoms with Crippen LogP contribution in [0.25, 0.3) is 0 Å². The molecule has 5 heteroatoms. The van der Waals surface area contributed by atoms with Gasteiger partial charge in [-0.2, -0.15) is 5.10 Å². The lowest BCUT2D eigenvalue weighted by Crippen LogP contribution is -2.13. The summed E-state index contributed by atoms with van der Waals surface area (Å²) in [7, 11) is 0. The standard InChI is InChI=1S/C14H18N4O/c1-9-10(2)16-18(11(9)3)8-12-4-6-13(7-5-12)14(15)17-19/h4-7,19H,8H2,1-3H3,(H2,15,17). The number of hydrogen-bond acceptors (Lipinski definition) is 3. The van der Waals surface area contributed by atoms with E-state index < -0.39 is 0 Å². The van der Waals surface area contributed by atoms with Crippen LogP contribution in [-0.4, -0.2) is 20.8 Å². The molecule has 100 valence electrons. The second kappa shape index (κ2) is 5.14. The van der Waals surface area contributed by atoms with Crippen LogP contribution in [0.4, 0.5) is 0 Å². The van der Waals surface area contributed by atoms with E-state index in [1.165, 1.54) is 11.3 Å². The molecule has 0 saturated carbocycles. The van der Waals surface area contributed by atoms with E-state index >= 15 is 0 Å². The smallest absolute Gasteiger partial charge is 0.170 e. The molecule has 0 saturated heterocycles. The number of rotatable bonds is 3. The molecule has 0 radical (unpaired) electrons. The zero-order valence-corrected chi connectivity index (χ0v) is 11.4. The molecule has 0 fully saturated rings. The molecule has 0 aliphatic heterocycles. The molecule has 2 aromatic rings. The minimum absolute atomic E-state index is 0.119. The molecular weight excluding hydrogens is 240 g/mol. The fraction of sp³-hybridized carbons (Fsp3) is 0.286. The molecule has 2 rings (SSSR count). The van der Waals surface area contributed by atoms with Gasteiger partial charge in [-0.1, -0.05) is 29.4 Å². The van der Waals surface area contributed by atoms with Gasteiger partial charge in [-0.25, -0.2) is 0 Å². The molecule has 5 nitrogen and oxygen atoms in total. The van der Waals surface area contributed by atoms with Crippen molar-refractivity contribution in [2.24, 2.45) is 10.9 Å². The lowest BCUT2D eigenvalue weighted by molar-refractivity contribution is 0.318. The number of nitrogens with two attached hydrogens (primary N) is 1. The second-order valence-corrected chi connectivity index (χ2v) is 4.64. The van der Waals surface area contributed by atoms with Gasteiger partial charge in [-0.05, 0) is 31.9 Å². The summed E-state index contributed by atoms with van der Waals surface area (Å²) >= 11 is 0. The molecule has 0 atom stereocenters. The zero-order chi connectivity index (χ0) is 14.0. The third-order valence-corrected chi connectivity index (χ3v) is 3.43. The summed E-state index contributed by atoms with van der Waals surface area (Å²) < 4.78 is 1.99. The van der Waals surface area contributed by atoms with Crippen molar-refractivity contribution in [3.05, 3.63) is 52.3 Å². The summed E-state index contributed by atoms with van der Waals surface area (Å²) in [4.78, 5) is 0. The third kappa shape index (κ3) is 2.59. The lowest BCUT2D eigenvalue weighted by Gasteiger charge is -2.06. The first-order valence-corrected chi connectivity index (χ1v) is 6.10. The zero-order valence-electron chi connectivity index (χ0n) is 11.4. The predicted octanol–water partition coefficient (Wildman–Crippen LogP) is 1.95. The molecule has 0 amide bonds. The Hall–Kier alpha value is -2.30. The fourth-order valence-corrected chi connectivity index (χ4v) is 1.95. The number of aromatic nitrogens is 2. The van der Waals surface area contributed by atoms with Crippen molar-refractivity contribution in [3.63, 3.8) is 0 Å². The first-order chi connectivity index (χ1) is 9.02. The molecule has 19 heavy (non-hydrogen) atoms. The Kier molecular flexibility index (Phi) is 3.55. The van der Waals surface area contributed by atoms with E-state index in [0.717, 1.165) is 17.8 Å². The van der Waals surface area contributed by atoms with Crippen LogP contribution in [0.5, 0.6) is 0 Å². The van der Waals surface area contributed by atoms with Gasteiger partial charge in [0.15, 0.2) is 5.84 Å². The Balaban J connectivity index is 2.22. The summed E-state index contributed by atoms with van der Waals surface area (Å²) in [6, 6.07) is 7.59. The topological polar surface area (TPSA) is 76.4 Å². The van der Waals surface area contributed by atoms with Crippen molar-refractivity contribution in [3.8, 4) is 0 Å². The first-order valence-electron chi connectivity index (χ1n) is 6.10. The number of hydrogen-bond donors (Lipinski definition) is 2. The van der Waals surface area contributed by atoms with E-state index in [-0.39, 0.29) is 5.84 Å². The Morgan fingerprint density at radius 1 is 1.26 bits per heavy atom. The number of nitrogens with zero attached hydrogens (tertiary/aromatic N) is 3. The maximum absolute atomic E-state index is 8.61. The summed E-state index contributed by atoms with van der Waals surface area (Å²) in [5, 5.41) is 16.1. The van der Waals surface area contributed by atoms with Crippen molar-refractivity contribution in [2.45, 2.75) is 27.3 Å². The van der Waals surface area contributed by atoms with Gasteiger partial charge in [0.2, 0.25) is 0 Å². The second-order valence-electron chi connectivity index (χ2n) is 4.64. The summed E-state index contributed by atoms with van der Waals surface area (Å²) in [6.45, 7) is 6.88. The first kappa shape index (κ1) is 13.1. The number of amidine groups is 1. The average Bonchev–Trinajstić information content (AvgIpc) is 2.66. The Morgan fingerprint density at radius 3 is 2.37 bits per heavy atom. The molecule has 1 aromatic carbocycles. The normalized spacial score (nSPS) is 11.8. The Bertz CT molecular complexity index is 611. The molecule has 0 unspecified atom stereocenters. The molecule has 0 aliphatic carbocycles. The van der Waals surface area contributed by atoms with E-state index in [1.54, 1.807) is 0 Å². The maximum Gasteiger partial charge on any atom is 0.170 e. The van der Waals surface area contributed by atoms with Crippen LogP contribution in [0.15, 0.2) is 29.4 Å². The van der Waals surface area contributed by atoms with Crippen LogP contribution in [0, 0.1) is 20.8 Å². The molecule has 1 heterocycles. The maximum atomic E-state index is 8.61. The van der Waals surface area contributed by atoms with E-state index in [4.69, 9.17) is 10.9 Å². The number of aryl methyl sites for hydroxylation is 1. The predicted molar refractivity (Wildman–Crippen MR) is 74.5 cm³/mol. The fourth-order valence-electron chi connectivity index (χ4n) is 1.95. The lowest BCUT2D eigenvalue weighted by atomic mass is 10.1. The van der Waals surface area contributed by atoms with Crippen LogP contribution < -0.4 is 5.73 Å². The molecule has 0 aliphatic rings. The van der Waals surface area contributed by atoms with Gasteiger partial charge in [0.25, 0.3) is 0 Å². The molecule has 1 aromatic heterocycles. The monoisotopic (exact) mass is 258 g/mol. The van der Waals surface area contributed by atoms with Gasteiger partial charge in [-0.3, -0.25) is 4.68 Å². The molecule has 0 spiro atoms. The van der Waals surface area contributed by atoms with Crippen molar-refractivity contribution in [1.29, 1.82) is 0 Å². The summed E-state index contributed by atoms with van der Waals surface area (Å²) in [5.41, 5.74) is 10.8. The van der Waals surface area contributed by atoms with Gasteiger partial charge in [0.05, 0.1) is 12.2 Å². The largest absolute Gasteiger partial charge is 0.409 e. The van der Waals surface area contributed by atoms with Gasteiger partial charge in [0.1, 0.15) is 0 Å². The van der Waals surface area contributed by atoms with Crippen LogP contribution >= 0.6 is 0 Å². The highest BCUT2D eigenvalue weighted by Gasteiger charge is 2.07. The highest BCUT2D eigenvalue weighted by atomic mass is 16.4. The van der Waals surface area contributed by atoms with Crippen LogP contribution in [-0.2, 0) is 6.54 Å². The van der Waals surface area contributed by atoms with Crippen molar-refractivity contribution in [2.75, 3.05) is 0 Å². The van der Waals surface area contributed by atoms with Crippen LogP contribution in [0.1, 0.15) is 28.1 Å². The van der Waals surface area contributed by atoms with Crippen molar-refractivity contribution in [1.82, 2.24) is 9.78 Å². The Labute approximate surface area is 112 Å². The van der Waals surface area contributed by atoms with Crippen molar-refractivity contribution >= 4 is 5.84 Å². The van der Waals surface area contributed by atoms with Gasteiger partial charge >= 0.3 is 0 Å². The third-order valence-electron chi connectivity index (χ3n) is 3.43. The minimum Gasteiger partial charge on any atom is -0.409 e. The number of oxime groups is 1. The van der Waals surface area contributed by atoms with E-state index in [0.29, 0.717) is 5.56 Å². The van der Waals surface area contributed by atoms with Crippen LogP contribution in [0.2, 0.25) is 0 Å². The summed E-state index contributed by atoms with van der Waals surface area (Å²) in [6.07, 6.45) is 0. The average molecular weight is 258 g/mol. The van der Waals surface area contributed by atoms with Gasteiger partial charge in [-0.15, -0.1) is 0 Å². The SMILES string of the molecule is Cc1nn(Cc2ccc(/C(N)=N/O)cc2)c(C)c1C. The molecular formula is C14H18N4O. The minimum atomic E-state index is 0.119. The van der Waals surface area contributed by atoms with Gasteiger partial charge in [0, 0.05) is 11.3 Å². The van der Waals surface area contributed by atoms with E-state index in [9.17, 15) is 0 Å². The number of benzene rings is 1. The summed E-state index contributed by atoms with van der Waals surface area (Å²) in [5.74, 6) is 0.119. The quantitative estimate of drug-likeness (QED) is 0.382. The van der Waals surface area contributed by atoms with E-state index in [1.807, 2.05) is 35.9 Å². The highest BCUT2D eigenvalue weighted by molar-refractivity contribution is 5.96.